The first-order valence-electron chi connectivity index (χ1n) is 7.12. The number of hydrogen-bond donors (Lipinski definition) is 2. The molecular formula is C16H14N4O3S. The van der Waals surface area contributed by atoms with Gasteiger partial charge < -0.3 is 19.6 Å². The number of oxazole rings is 1. The number of nitrogens with zero attached hydrogens (tertiary/aromatic N) is 2. The Morgan fingerprint density at radius 2 is 1.92 bits per heavy atom. The van der Waals surface area contributed by atoms with Crippen molar-refractivity contribution in [3.63, 3.8) is 0 Å². The summed E-state index contributed by atoms with van der Waals surface area (Å²) >= 11 is 1.45. The number of ether oxygens (including phenoxy) is 2. The zero-order valence-corrected chi connectivity index (χ0v) is 13.8. The fourth-order valence-corrected chi connectivity index (χ4v) is 3.30. The van der Waals surface area contributed by atoms with Gasteiger partial charge in [-0.3, -0.25) is 5.32 Å². The van der Waals surface area contributed by atoms with Gasteiger partial charge in [0.15, 0.2) is 10.7 Å². The first-order valence-corrected chi connectivity index (χ1v) is 7.93. The zero-order chi connectivity index (χ0) is 16.7. The Balaban J connectivity index is 1.69. The summed E-state index contributed by atoms with van der Waals surface area (Å²) in [6, 6.07) is 9.45. The summed E-state index contributed by atoms with van der Waals surface area (Å²) in [6.07, 6.45) is 0. The van der Waals surface area contributed by atoms with Gasteiger partial charge in [0, 0.05) is 12.1 Å². The lowest BCUT2D eigenvalue weighted by Gasteiger charge is -2.00. The van der Waals surface area contributed by atoms with Crippen molar-refractivity contribution >= 4 is 49.5 Å². The van der Waals surface area contributed by atoms with E-state index in [0.717, 1.165) is 16.0 Å². The lowest BCUT2D eigenvalue weighted by molar-refractivity contribution is 0.415. The number of hydrogen-bond acceptors (Lipinski definition) is 8. The second kappa shape index (κ2) is 5.57. The van der Waals surface area contributed by atoms with Crippen LogP contribution < -0.4 is 20.5 Å². The van der Waals surface area contributed by atoms with Crippen LogP contribution in [0.1, 0.15) is 0 Å². The number of nitrogen functional groups attached to an aromatic ring is 1. The van der Waals surface area contributed by atoms with Crippen molar-refractivity contribution in [1.29, 1.82) is 0 Å². The number of methoxy groups -OCH3 is 2. The SMILES string of the molecule is COc1ccc2oc(Nc3nc4c(N)cc(OC)cc4s3)nc2c1. The summed E-state index contributed by atoms with van der Waals surface area (Å²) in [5, 5.41) is 3.72. The second-order valence-corrected chi connectivity index (χ2v) is 6.09. The average Bonchev–Trinajstić information content (AvgIpc) is 3.17. The van der Waals surface area contributed by atoms with Gasteiger partial charge in [0.05, 0.1) is 24.6 Å². The van der Waals surface area contributed by atoms with Gasteiger partial charge in [0.2, 0.25) is 0 Å². The standard InChI is InChI=1S/C16H14N4O3S/c1-21-8-3-4-12-11(6-8)18-15(23-12)20-16-19-14-10(17)5-9(22-2)7-13(14)24-16/h3-7H,17H2,1-2H3,(H,18,19,20). The Morgan fingerprint density at radius 1 is 1.08 bits per heavy atom. The molecule has 0 saturated heterocycles. The zero-order valence-electron chi connectivity index (χ0n) is 13.0. The van der Waals surface area contributed by atoms with Crippen LogP contribution in [0.2, 0.25) is 0 Å². The smallest absolute Gasteiger partial charge is 0.302 e. The normalized spacial score (nSPS) is 11.1. The molecule has 0 fully saturated rings. The van der Waals surface area contributed by atoms with E-state index in [1.54, 1.807) is 20.3 Å². The van der Waals surface area contributed by atoms with E-state index in [1.165, 1.54) is 11.3 Å². The van der Waals surface area contributed by atoms with Crippen LogP contribution in [0.5, 0.6) is 11.5 Å². The maximum absolute atomic E-state index is 6.02. The van der Waals surface area contributed by atoms with Gasteiger partial charge in [-0.2, -0.15) is 4.98 Å². The molecule has 2 aromatic carbocycles. The minimum atomic E-state index is 0.364. The molecule has 4 rings (SSSR count). The van der Waals surface area contributed by atoms with Crippen LogP contribution in [-0.2, 0) is 0 Å². The third-order valence-corrected chi connectivity index (χ3v) is 4.46. The van der Waals surface area contributed by atoms with Crippen LogP contribution in [0, 0.1) is 0 Å². The van der Waals surface area contributed by atoms with E-state index in [4.69, 9.17) is 19.6 Å². The molecule has 24 heavy (non-hydrogen) atoms. The molecule has 3 N–H and O–H groups in total. The number of benzene rings is 2. The highest BCUT2D eigenvalue weighted by Gasteiger charge is 2.12. The number of aromatic nitrogens is 2. The Morgan fingerprint density at radius 3 is 2.71 bits per heavy atom. The molecule has 4 aromatic rings. The van der Waals surface area contributed by atoms with Crippen LogP contribution in [-0.4, -0.2) is 24.2 Å². The van der Waals surface area contributed by atoms with E-state index in [-0.39, 0.29) is 0 Å². The number of rotatable bonds is 4. The van der Waals surface area contributed by atoms with Crippen LogP contribution in [0.4, 0.5) is 16.8 Å². The Bertz CT molecular complexity index is 1040. The molecule has 2 aromatic heterocycles. The summed E-state index contributed by atoms with van der Waals surface area (Å²) in [6.45, 7) is 0. The minimum Gasteiger partial charge on any atom is -0.497 e. The molecule has 2 heterocycles. The summed E-state index contributed by atoms with van der Waals surface area (Å²) in [5.41, 5.74) is 8.68. The fraction of sp³-hybridized carbons (Fsp3) is 0.125. The molecule has 0 aliphatic carbocycles. The van der Waals surface area contributed by atoms with Crippen molar-refractivity contribution in [2.45, 2.75) is 0 Å². The summed E-state index contributed by atoms with van der Waals surface area (Å²) < 4.78 is 17.0. The first kappa shape index (κ1) is 14.6. The third-order valence-electron chi connectivity index (χ3n) is 3.54. The van der Waals surface area contributed by atoms with E-state index >= 15 is 0 Å². The maximum Gasteiger partial charge on any atom is 0.302 e. The molecule has 0 radical (unpaired) electrons. The third kappa shape index (κ3) is 2.46. The lowest BCUT2D eigenvalue weighted by Crippen LogP contribution is -1.91. The number of nitrogens with two attached hydrogens (primary N) is 1. The van der Waals surface area contributed by atoms with Crippen LogP contribution >= 0.6 is 11.3 Å². The Labute approximate surface area is 141 Å². The molecule has 0 unspecified atom stereocenters. The van der Waals surface area contributed by atoms with Crippen molar-refractivity contribution in [3.8, 4) is 11.5 Å². The largest absolute Gasteiger partial charge is 0.497 e. The van der Waals surface area contributed by atoms with Crippen LogP contribution in [0.15, 0.2) is 34.7 Å². The van der Waals surface area contributed by atoms with Gasteiger partial charge in [0.25, 0.3) is 0 Å². The predicted molar refractivity (Wildman–Crippen MR) is 94.4 cm³/mol. The Hall–Kier alpha value is -3.00. The predicted octanol–water partition coefficient (Wildman–Crippen LogP) is 3.78. The van der Waals surface area contributed by atoms with Gasteiger partial charge in [-0.15, -0.1) is 0 Å². The molecule has 0 amide bonds. The number of anilines is 3. The topological polar surface area (TPSA) is 95.4 Å². The fourth-order valence-electron chi connectivity index (χ4n) is 2.38. The monoisotopic (exact) mass is 342 g/mol. The van der Waals surface area contributed by atoms with Crippen molar-refractivity contribution in [2.24, 2.45) is 0 Å². The molecule has 8 heteroatoms. The molecule has 0 aliphatic rings. The van der Waals surface area contributed by atoms with Gasteiger partial charge in [-0.05, 0) is 18.2 Å². The highest BCUT2D eigenvalue weighted by molar-refractivity contribution is 7.22. The van der Waals surface area contributed by atoms with Crippen LogP contribution in [0.3, 0.4) is 0 Å². The van der Waals surface area contributed by atoms with Gasteiger partial charge in [-0.1, -0.05) is 11.3 Å². The quantitative estimate of drug-likeness (QED) is 0.545. The molecule has 0 bridgehead atoms. The van der Waals surface area contributed by atoms with Crippen molar-refractivity contribution in [1.82, 2.24) is 9.97 Å². The van der Waals surface area contributed by atoms with E-state index in [9.17, 15) is 0 Å². The first-order chi connectivity index (χ1) is 11.7. The van der Waals surface area contributed by atoms with E-state index in [2.05, 4.69) is 15.3 Å². The molecule has 0 aliphatic heterocycles. The highest BCUT2D eigenvalue weighted by atomic mass is 32.1. The summed E-state index contributed by atoms with van der Waals surface area (Å²) in [7, 11) is 3.22. The van der Waals surface area contributed by atoms with Gasteiger partial charge in [-0.25, -0.2) is 4.98 Å². The van der Waals surface area contributed by atoms with Gasteiger partial charge in [0.1, 0.15) is 22.5 Å². The number of fused-ring (bicyclic) bond motifs is 2. The van der Waals surface area contributed by atoms with E-state index in [0.29, 0.717) is 33.7 Å². The molecule has 0 spiro atoms. The molecule has 0 atom stereocenters. The minimum absolute atomic E-state index is 0.364. The van der Waals surface area contributed by atoms with E-state index < -0.39 is 0 Å². The van der Waals surface area contributed by atoms with Crippen LogP contribution in [0.25, 0.3) is 21.3 Å². The van der Waals surface area contributed by atoms with Crippen molar-refractivity contribution < 1.29 is 13.9 Å². The maximum atomic E-state index is 6.02. The lowest BCUT2D eigenvalue weighted by atomic mass is 10.3. The summed E-state index contributed by atoms with van der Waals surface area (Å²) in [4.78, 5) is 8.88. The second-order valence-electron chi connectivity index (χ2n) is 5.06. The molecule has 122 valence electrons. The van der Waals surface area contributed by atoms with Gasteiger partial charge >= 0.3 is 6.01 Å². The summed E-state index contributed by atoms with van der Waals surface area (Å²) in [5.74, 6) is 1.42. The van der Waals surface area contributed by atoms with E-state index in [1.807, 2.05) is 24.3 Å². The molecular weight excluding hydrogens is 328 g/mol. The van der Waals surface area contributed by atoms with Crippen molar-refractivity contribution in [2.75, 3.05) is 25.3 Å². The average molecular weight is 342 g/mol. The van der Waals surface area contributed by atoms with Crippen molar-refractivity contribution in [3.05, 3.63) is 30.3 Å². The molecule has 7 nitrogen and oxygen atoms in total. The number of nitrogens with one attached hydrogen (secondary N) is 1. The molecule has 0 saturated carbocycles. The highest BCUT2D eigenvalue weighted by Crippen LogP contribution is 2.35. The number of thiazole rings is 1. The Kier molecular flexibility index (Phi) is 3.39.